The highest BCUT2D eigenvalue weighted by Crippen LogP contribution is 2.11. The number of nitrogens with one attached hydrogen (secondary N) is 2. The van der Waals surface area contributed by atoms with Crippen molar-refractivity contribution in [3.63, 3.8) is 0 Å². The molecule has 0 spiro atoms. The number of aromatic amines is 1. The van der Waals surface area contributed by atoms with Crippen molar-refractivity contribution >= 4 is 0 Å². The van der Waals surface area contributed by atoms with E-state index >= 15 is 0 Å². The van der Waals surface area contributed by atoms with Crippen molar-refractivity contribution in [2.24, 2.45) is 0 Å². The molecule has 3 heteroatoms. The van der Waals surface area contributed by atoms with Crippen LogP contribution in [0.25, 0.3) is 0 Å². The summed E-state index contributed by atoms with van der Waals surface area (Å²) in [7, 11) is 1.68. The second kappa shape index (κ2) is 6.26. The zero-order chi connectivity index (χ0) is 12.8. The van der Waals surface area contributed by atoms with Crippen molar-refractivity contribution in [3.8, 4) is 5.75 Å². The van der Waals surface area contributed by atoms with Crippen LogP contribution in [-0.4, -0.2) is 12.1 Å². The van der Waals surface area contributed by atoms with E-state index in [9.17, 15) is 0 Å². The molecule has 0 aliphatic carbocycles. The first kappa shape index (κ1) is 12.7. The van der Waals surface area contributed by atoms with Gasteiger partial charge < -0.3 is 15.0 Å². The van der Waals surface area contributed by atoms with Crippen molar-refractivity contribution in [2.45, 2.75) is 26.4 Å². The fourth-order valence-corrected chi connectivity index (χ4v) is 1.88. The van der Waals surface area contributed by atoms with Gasteiger partial charge in [0, 0.05) is 24.5 Å². The molecule has 1 aromatic heterocycles. The van der Waals surface area contributed by atoms with Crippen LogP contribution in [0, 0.1) is 0 Å². The number of hydrogen-bond acceptors (Lipinski definition) is 2. The van der Waals surface area contributed by atoms with Crippen molar-refractivity contribution in [3.05, 3.63) is 53.3 Å². The van der Waals surface area contributed by atoms with Gasteiger partial charge in [0.25, 0.3) is 0 Å². The normalized spacial score (nSPS) is 10.6. The van der Waals surface area contributed by atoms with Crippen LogP contribution in [0.1, 0.15) is 23.9 Å². The molecule has 0 aliphatic rings. The van der Waals surface area contributed by atoms with E-state index in [1.165, 1.54) is 17.0 Å². The van der Waals surface area contributed by atoms with Gasteiger partial charge in [0.15, 0.2) is 0 Å². The first-order valence-corrected chi connectivity index (χ1v) is 6.32. The monoisotopic (exact) mass is 244 g/mol. The predicted molar refractivity (Wildman–Crippen MR) is 73.7 cm³/mol. The molecule has 0 saturated heterocycles. The SMILES string of the molecule is CCc1ccc(CNCc2ccc(OC)cc2)[nH]1. The molecule has 0 bridgehead atoms. The molecule has 18 heavy (non-hydrogen) atoms. The average molecular weight is 244 g/mol. The number of aromatic nitrogens is 1. The summed E-state index contributed by atoms with van der Waals surface area (Å²) in [6.07, 6.45) is 1.05. The first-order valence-electron chi connectivity index (χ1n) is 6.32. The molecule has 0 fully saturated rings. The summed E-state index contributed by atoms with van der Waals surface area (Å²) in [5, 5.41) is 3.42. The Labute approximate surface area is 108 Å². The minimum absolute atomic E-state index is 0.866. The molecular weight excluding hydrogens is 224 g/mol. The zero-order valence-corrected chi connectivity index (χ0v) is 11.0. The Bertz CT molecular complexity index is 473. The lowest BCUT2D eigenvalue weighted by Gasteiger charge is -2.05. The lowest BCUT2D eigenvalue weighted by atomic mass is 10.2. The summed E-state index contributed by atoms with van der Waals surface area (Å²) in [6, 6.07) is 12.4. The quantitative estimate of drug-likeness (QED) is 0.820. The summed E-state index contributed by atoms with van der Waals surface area (Å²) in [5.74, 6) is 0.899. The first-order chi connectivity index (χ1) is 8.81. The smallest absolute Gasteiger partial charge is 0.118 e. The van der Waals surface area contributed by atoms with Gasteiger partial charge in [-0.15, -0.1) is 0 Å². The van der Waals surface area contributed by atoms with E-state index in [-0.39, 0.29) is 0 Å². The van der Waals surface area contributed by atoms with E-state index in [1.54, 1.807) is 7.11 Å². The number of ether oxygens (including phenoxy) is 1. The van der Waals surface area contributed by atoms with Crippen LogP contribution >= 0.6 is 0 Å². The molecule has 0 aliphatic heterocycles. The molecule has 1 aromatic carbocycles. The number of rotatable bonds is 6. The number of benzene rings is 1. The highest BCUT2D eigenvalue weighted by atomic mass is 16.5. The highest BCUT2D eigenvalue weighted by Gasteiger charge is 1.98. The fourth-order valence-electron chi connectivity index (χ4n) is 1.88. The number of methoxy groups -OCH3 is 1. The predicted octanol–water partition coefficient (Wildman–Crippen LogP) is 2.88. The van der Waals surface area contributed by atoms with Crippen molar-refractivity contribution in [1.29, 1.82) is 0 Å². The molecule has 2 N–H and O–H groups in total. The lowest BCUT2D eigenvalue weighted by molar-refractivity contribution is 0.414. The van der Waals surface area contributed by atoms with E-state index in [4.69, 9.17) is 4.74 Å². The van der Waals surface area contributed by atoms with Gasteiger partial charge in [-0.25, -0.2) is 0 Å². The maximum atomic E-state index is 5.13. The van der Waals surface area contributed by atoms with E-state index in [1.807, 2.05) is 12.1 Å². The molecule has 3 nitrogen and oxygen atoms in total. The Morgan fingerprint density at radius 2 is 1.72 bits per heavy atom. The third-order valence-corrected chi connectivity index (χ3v) is 2.99. The van der Waals surface area contributed by atoms with Crippen LogP contribution in [0.3, 0.4) is 0 Å². The third kappa shape index (κ3) is 3.37. The fraction of sp³-hybridized carbons (Fsp3) is 0.333. The lowest BCUT2D eigenvalue weighted by Crippen LogP contribution is -2.12. The van der Waals surface area contributed by atoms with Gasteiger partial charge in [-0.05, 0) is 36.2 Å². The zero-order valence-electron chi connectivity index (χ0n) is 11.0. The maximum absolute atomic E-state index is 5.13. The number of H-pyrrole nitrogens is 1. The molecule has 0 saturated carbocycles. The Hall–Kier alpha value is -1.74. The summed E-state index contributed by atoms with van der Waals surface area (Å²) in [5.41, 5.74) is 3.79. The number of aryl methyl sites for hydroxylation is 1. The molecule has 96 valence electrons. The summed E-state index contributed by atoms with van der Waals surface area (Å²) >= 11 is 0. The van der Waals surface area contributed by atoms with E-state index in [0.717, 1.165) is 25.3 Å². The van der Waals surface area contributed by atoms with Gasteiger partial charge in [-0.1, -0.05) is 19.1 Å². The van der Waals surface area contributed by atoms with Gasteiger partial charge in [0.05, 0.1) is 7.11 Å². The van der Waals surface area contributed by atoms with Crippen LogP contribution in [-0.2, 0) is 19.5 Å². The maximum Gasteiger partial charge on any atom is 0.118 e. The van der Waals surface area contributed by atoms with E-state index in [0.29, 0.717) is 0 Å². The van der Waals surface area contributed by atoms with Gasteiger partial charge in [-0.2, -0.15) is 0 Å². The van der Waals surface area contributed by atoms with Crippen molar-refractivity contribution < 1.29 is 4.74 Å². The van der Waals surface area contributed by atoms with E-state index < -0.39 is 0 Å². The highest BCUT2D eigenvalue weighted by molar-refractivity contribution is 5.27. The van der Waals surface area contributed by atoms with Gasteiger partial charge in [-0.3, -0.25) is 0 Å². The minimum atomic E-state index is 0.866. The van der Waals surface area contributed by atoms with Crippen LogP contribution in [0.2, 0.25) is 0 Å². The number of hydrogen-bond donors (Lipinski definition) is 2. The van der Waals surface area contributed by atoms with Gasteiger partial charge in [0.2, 0.25) is 0 Å². The molecule has 1 heterocycles. The Morgan fingerprint density at radius 1 is 1.00 bits per heavy atom. The average Bonchev–Trinajstić information content (AvgIpc) is 2.87. The van der Waals surface area contributed by atoms with Gasteiger partial charge >= 0.3 is 0 Å². The Balaban J connectivity index is 1.80. The molecule has 2 aromatic rings. The summed E-state index contributed by atoms with van der Waals surface area (Å²) in [4.78, 5) is 3.38. The Kier molecular flexibility index (Phi) is 4.42. The molecular formula is C15H20N2O. The molecule has 0 atom stereocenters. The molecule has 0 radical (unpaired) electrons. The molecule has 2 rings (SSSR count). The largest absolute Gasteiger partial charge is 0.497 e. The summed E-state index contributed by atoms with van der Waals surface area (Å²) in [6.45, 7) is 3.89. The van der Waals surface area contributed by atoms with Crippen LogP contribution in [0.15, 0.2) is 36.4 Å². The minimum Gasteiger partial charge on any atom is -0.497 e. The van der Waals surface area contributed by atoms with Crippen molar-refractivity contribution in [2.75, 3.05) is 7.11 Å². The van der Waals surface area contributed by atoms with Crippen LogP contribution < -0.4 is 10.1 Å². The van der Waals surface area contributed by atoms with E-state index in [2.05, 4.69) is 41.5 Å². The second-order valence-corrected chi connectivity index (χ2v) is 4.31. The summed E-state index contributed by atoms with van der Waals surface area (Å²) < 4.78 is 5.13. The standard InChI is InChI=1S/C15H20N2O/c1-3-13-6-7-14(17-13)11-16-10-12-4-8-15(18-2)9-5-12/h4-9,16-17H,3,10-11H2,1-2H3. The van der Waals surface area contributed by atoms with Crippen LogP contribution in [0.4, 0.5) is 0 Å². The topological polar surface area (TPSA) is 37.0 Å². The van der Waals surface area contributed by atoms with Crippen LogP contribution in [0.5, 0.6) is 5.75 Å². The Morgan fingerprint density at radius 3 is 2.33 bits per heavy atom. The second-order valence-electron chi connectivity index (χ2n) is 4.31. The van der Waals surface area contributed by atoms with Crippen molar-refractivity contribution in [1.82, 2.24) is 10.3 Å². The third-order valence-electron chi connectivity index (χ3n) is 2.99. The molecule has 0 unspecified atom stereocenters. The molecule has 0 amide bonds. The van der Waals surface area contributed by atoms with Gasteiger partial charge in [0.1, 0.15) is 5.75 Å².